The number of benzene rings is 1. The summed E-state index contributed by atoms with van der Waals surface area (Å²) in [5.41, 5.74) is 1.72. The zero-order chi connectivity index (χ0) is 20.8. The lowest BCUT2D eigenvalue weighted by atomic mass is 9.96. The lowest BCUT2D eigenvalue weighted by molar-refractivity contribution is 0.176. The van der Waals surface area contributed by atoms with Crippen molar-refractivity contribution in [2.75, 3.05) is 11.9 Å². The minimum absolute atomic E-state index is 0.0455. The molecule has 4 heterocycles. The second kappa shape index (κ2) is 7.32. The third-order valence-corrected chi connectivity index (χ3v) is 6.11. The van der Waals surface area contributed by atoms with Crippen LogP contribution in [0.2, 0.25) is 0 Å². The van der Waals surface area contributed by atoms with Gasteiger partial charge in [-0.1, -0.05) is 11.2 Å². The van der Waals surface area contributed by atoms with E-state index in [4.69, 9.17) is 4.52 Å². The molecule has 2 aromatic heterocycles. The van der Waals surface area contributed by atoms with Crippen molar-refractivity contribution in [1.29, 1.82) is 0 Å². The number of aromatic nitrogens is 4. The number of hydrogen-bond acceptors (Lipinski definition) is 8. The number of piperidine rings is 1. The maximum atomic E-state index is 14.8. The molecule has 8 nitrogen and oxygen atoms in total. The minimum atomic E-state index is -0.930. The van der Waals surface area contributed by atoms with Crippen LogP contribution in [-0.4, -0.2) is 56.6 Å². The van der Waals surface area contributed by atoms with Crippen LogP contribution in [-0.2, 0) is 0 Å². The molecule has 3 aromatic rings. The lowest BCUT2D eigenvalue weighted by Gasteiger charge is -2.38. The number of phenolic OH excluding ortho intramolecular Hbond substituents is 1. The van der Waals surface area contributed by atoms with E-state index in [0.717, 1.165) is 19.3 Å². The molecule has 2 saturated heterocycles. The maximum absolute atomic E-state index is 14.8. The highest BCUT2D eigenvalue weighted by Gasteiger charge is 2.43. The van der Waals surface area contributed by atoms with Crippen molar-refractivity contribution >= 4 is 5.82 Å². The summed E-state index contributed by atoms with van der Waals surface area (Å²) in [4.78, 5) is 15.0. The number of aryl methyl sites for hydroxylation is 1. The van der Waals surface area contributed by atoms with Crippen molar-refractivity contribution in [3.8, 4) is 28.4 Å². The van der Waals surface area contributed by atoms with Gasteiger partial charge in [-0.05, 0) is 31.4 Å². The number of hydrogen-bond donors (Lipinski definition) is 2. The summed E-state index contributed by atoms with van der Waals surface area (Å²) in [6, 6.07) is 5.20. The van der Waals surface area contributed by atoms with Gasteiger partial charge in [0.1, 0.15) is 17.7 Å². The maximum Gasteiger partial charge on any atom is 0.223 e. The van der Waals surface area contributed by atoms with Crippen LogP contribution in [0.4, 0.5) is 10.2 Å². The molecule has 2 fully saturated rings. The van der Waals surface area contributed by atoms with Gasteiger partial charge in [0.25, 0.3) is 0 Å². The quantitative estimate of drug-likeness (QED) is 0.677. The third kappa shape index (κ3) is 3.28. The van der Waals surface area contributed by atoms with Gasteiger partial charge in [0.15, 0.2) is 0 Å². The van der Waals surface area contributed by atoms with Crippen molar-refractivity contribution in [1.82, 2.24) is 25.4 Å². The van der Waals surface area contributed by atoms with E-state index in [-0.39, 0.29) is 17.8 Å². The Kier molecular flexibility index (Phi) is 4.62. The van der Waals surface area contributed by atoms with Crippen LogP contribution in [0.1, 0.15) is 25.2 Å². The van der Waals surface area contributed by atoms with Gasteiger partial charge >= 0.3 is 0 Å². The number of fused-ring (bicyclic) bond motifs is 2. The predicted molar refractivity (Wildman–Crippen MR) is 109 cm³/mol. The first-order chi connectivity index (χ1) is 14.5. The molecular weight excluding hydrogens is 387 g/mol. The number of alkyl halides is 1. The Labute approximate surface area is 173 Å². The number of nitrogens with zero attached hydrogens (tertiary/aromatic N) is 5. The zero-order valence-corrected chi connectivity index (χ0v) is 16.8. The van der Waals surface area contributed by atoms with E-state index in [1.54, 1.807) is 37.5 Å². The smallest absolute Gasteiger partial charge is 0.223 e. The van der Waals surface area contributed by atoms with Gasteiger partial charge in [-0.15, -0.1) is 0 Å². The largest absolute Gasteiger partial charge is 0.507 e. The van der Waals surface area contributed by atoms with E-state index in [1.807, 2.05) is 11.9 Å². The average molecular weight is 410 g/mol. The Morgan fingerprint density at radius 1 is 1.23 bits per heavy atom. The lowest BCUT2D eigenvalue weighted by Crippen LogP contribution is -2.55. The molecule has 0 amide bonds. The normalized spacial score (nSPS) is 25.4. The molecule has 1 aromatic carbocycles. The summed E-state index contributed by atoms with van der Waals surface area (Å²) in [5, 5.41) is 17.7. The second-order valence-electron chi connectivity index (χ2n) is 8.03. The van der Waals surface area contributed by atoms with E-state index in [9.17, 15) is 9.50 Å². The summed E-state index contributed by atoms with van der Waals surface area (Å²) >= 11 is 0. The van der Waals surface area contributed by atoms with Crippen LogP contribution in [0.5, 0.6) is 5.75 Å². The Balaban J connectivity index is 1.36. The summed E-state index contributed by atoms with van der Waals surface area (Å²) in [7, 11) is 1.87. The fraction of sp³-hybridized carbons (Fsp3) is 0.429. The first-order valence-electron chi connectivity index (χ1n) is 10.1. The number of phenols is 1. The molecular formula is C21H23FN6O2. The monoisotopic (exact) mass is 410 g/mol. The molecule has 9 heteroatoms. The number of anilines is 1. The van der Waals surface area contributed by atoms with E-state index in [2.05, 4.69) is 25.4 Å². The van der Waals surface area contributed by atoms with Crippen molar-refractivity contribution in [3.05, 3.63) is 36.5 Å². The second-order valence-corrected chi connectivity index (χ2v) is 8.03. The number of aromatic hydroxyl groups is 1. The molecule has 30 heavy (non-hydrogen) atoms. The summed E-state index contributed by atoms with van der Waals surface area (Å²) in [6.07, 6.45) is 4.97. The molecule has 5 rings (SSSR count). The van der Waals surface area contributed by atoms with Gasteiger partial charge in [0, 0.05) is 37.2 Å². The van der Waals surface area contributed by atoms with Crippen LogP contribution in [0.25, 0.3) is 22.6 Å². The average Bonchev–Trinajstić information content (AvgIpc) is 3.37. The van der Waals surface area contributed by atoms with Gasteiger partial charge in [-0.2, -0.15) is 4.98 Å². The molecule has 2 bridgehead atoms. The minimum Gasteiger partial charge on any atom is -0.507 e. The molecule has 156 valence electrons. The third-order valence-electron chi connectivity index (χ3n) is 6.11. The molecule has 0 aliphatic carbocycles. The molecule has 0 spiro atoms. The van der Waals surface area contributed by atoms with Crippen LogP contribution >= 0.6 is 0 Å². The highest BCUT2D eigenvalue weighted by atomic mass is 19.1. The Morgan fingerprint density at radius 2 is 2.10 bits per heavy atom. The predicted octanol–water partition coefficient (Wildman–Crippen LogP) is 2.87. The molecule has 2 N–H and O–H groups in total. The van der Waals surface area contributed by atoms with Crippen LogP contribution < -0.4 is 10.2 Å². The van der Waals surface area contributed by atoms with Gasteiger partial charge in [0.05, 0.1) is 24.1 Å². The van der Waals surface area contributed by atoms with Gasteiger partial charge in [0.2, 0.25) is 11.7 Å². The van der Waals surface area contributed by atoms with Gasteiger partial charge in [-0.3, -0.25) is 4.98 Å². The fourth-order valence-electron chi connectivity index (χ4n) is 4.46. The SMILES string of the molecule is Cc1nc(-c2ccc(-c3cnc(N(C)[C@@H]4CC5CCC(N5)[C@@H]4F)cn3)c(O)c2)no1. The molecule has 2 unspecified atom stereocenters. The van der Waals surface area contributed by atoms with E-state index in [1.165, 1.54) is 0 Å². The molecule has 2 aliphatic heterocycles. The van der Waals surface area contributed by atoms with Crippen LogP contribution in [0.15, 0.2) is 35.1 Å². The highest BCUT2D eigenvalue weighted by Crippen LogP contribution is 2.34. The molecule has 2 aliphatic rings. The van der Waals surface area contributed by atoms with Crippen molar-refractivity contribution in [2.24, 2.45) is 0 Å². The van der Waals surface area contributed by atoms with E-state index < -0.39 is 6.17 Å². The number of halogens is 1. The van der Waals surface area contributed by atoms with Crippen LogP contribution in [0.3, 0.4) is 0 Å². The van der Waals surface area contributed by atoms with Crippen LogP contribution in [0, 0.1) is 6.92 Å². The summed E-state index contributed by atoms with van der Waals surface area (Å²) in [6.45, 7) is 1.71. The van der Waals surface area contributed by atoms with E-state index >= 15 is 0 Å². The Hall–Kier alpha value is -3.07. The Morgan fingerprint density at radius 3 is 2.80 bits per heavy atom. The van der Waals surface area contributed by atoms with Crippen molar-refractivity contribution < 1.29 is 14.0 Å². The standard InChI is InChI=1S/C21H23FN6O2/c1-11-25-21(27-30-11)12-3-5-14(18(29)7-12)16-9-24-19(10-23-16)28(2)17-8-13-4-6-15(26-13)20(17)22/h3,5,7,9-10,13,15,17,20,26,29H,4,6,8H2,1-2H3/t13?,15?,17-,20+/m1/s1. The molecule has 0 saturated carbocycles. The number of rotatable bonds is 4. The van der Waals surface area contributed by atoms with Crippen molar-refractivity contribution in [3.63, 3.8) is 0 Å². The Bertz CT molecular complexity index is 1060. The number of nitrogens with one attached hydrogen (secondary N) is 1. The molecule has 0 radical (unpaired) electrons. The summed E-state index contributed by atoms with van der Waals surface area (Å²) < 4.78 is 19.8. The first kappa shape index (κ1) is 18.9. The fourth-order valence-corrected chi connectivity index (χ4v) is 4.46. The zero-order valence-electron chi connectivity index (χ0n) is 16.8. The van der Waals surface area contributed by atoms with E-state index in [0.29, 0.717) is 40.4 Å². The highest BCUT2D eigenvalue weighted by molar-refractivity contribution is 5.71. The first-order valence-corrected chi connectivity index (χ1v) is 10.1. The molecule has 4 atom stereocenters. The topological polar surface area (TPSA) is 100 Å². The van der Waals surface area contributed by atoms with Gasteiger partial charge < -0.3 is 19.8 Å². The van der Waals surface area contributed by atoms with Crippen molar-refractivity contribution in [2.45, 2.75) is 50.5 Å². The summed E-state index contributed by atoms with van der Waals surface area (Å²) in [5.74, 6) is 1.53. The van der Waals surface area contributed by atoms with Gasteiger partial charge in [-0.25, -0.2) is 9.37 Å².